The molecule has 44 heavy (non-hydrogen) atoms. The molecule has 0 saturated carbocycles. The lowest BCUT2D eigenvalue weighted by Crippen LogP contribution is -2.49. The molecule has 236 valence electrons. The summed E-state index contributed by atoms with van der Waals surface area (Å²) < 4.78 is 80.8. The van der Waals surface area contributed by atoms with E-state index in [1.807, 2.05) is 0 Å². The number of rotatable bonds is 5. The van der Waals surface area contributed by atoms with Crippen LogP contribution in [0.25, 0.3) is 0 Å². The number of aromatic nitrogens is 4. The van der Waals surface area contributed by atoms with Gasteiger partial charge in [-0.2, -0.15) is 31.4 Å². The van der Waals surface area contributed by atoms with Crippen LogP contribution in [-0.2, 0) is 30.1 Å². The van der Waals surface area contributed by atoms with Gasteiger partial charge in [-0.05, 0) is 31.5 Å². The molecule has 2 N–H and O–H groups in total. The number of alkyl halides is 6. The smallest absolute Gasteiger partial charge is 0.374 e. The fraction of sp³-hybridized carbons (Fsp3) is 0.444. The van der Waals surface area contributed by atoms with Crippen molar-refractivity contribution < 1.29 is 41.0 Å². The summed E-state index contributed by atoms with van der Waals surface area (Å²) in [6, 6.07) is 0.802. The molecule has 5 rings (SSSR count). The minimum Gasteiger partial charge on any atom is -0.374 e. The van der Waals surface area contributed by atoms with Crippen molar-refractivity contribution in [2.24, 2.45) is 0 Å². The summed E-state index contributed by atoms with van der Waals surface area (Å²) in [4.78, 5) is 36.5. The summed E-state index contributed by atoms with van der Waals surface area (Å²) in [5, 5.41) is 17.8. The minimum absolute atomic E-state index is 0.0238. The van der Waals surface area contributed by atoms with Crippen LogP contribution in [0, 0.1) is 0 Å². The number of amides is 2. The van der Waals surface area contributed by atoms with Crippen molar-refractivity contribution in [1.82, 2.24) is 34.9 Å². The van der Waals surface area contributed by atoms with Crippen molar-refractivity contribution in [1.29, 1.82) is 0 Å². The highest BCUT2D eigenvalue weighted by atomic mass is 35.5. The van der Waals surface area contributed by atoms with E-state index in [1.54, 1.807) is 13.8 Å². The quantitative estimate of drug-likeness (QED) is 0.398. The molecule has 17 heteroatoms. The number of carbonyl (C=O) groups excluding carboxylic acids is 2. The van der Waals surface area contributed by atoms with Crippen LogP contribution in [0.4, 0.5) is 26.3 Å². The van der Waals surface area contributed by atoms with E-state index in [4.69, 9.17) is 11.6 Å². The average molecular weight is 646 g/mol. The van der Waals surface area contributed by atoms with E-state index in [-0.39, 0.29) is 36.3 Å². The number of benzene rings is 1. The maximum Gasteiger partial charge on any atom is 0.451 e. The molecule has 4 atom stereocenters. The number of nitrogens with zero attached hydrogens (tertiary/aromatic N) is 6. The van der Waals surface area contributed by atoms with E-state index in [9.17, 15) is 41.0 Å². The van der Waals surface area contributed by atoms with Crippen LogP contribution in [0.1, 0.15) is 76.4 Å². The summed E-state index contributed by atoms with van der Waals surface area (Å²) in [7, 11) is 1.40. The third kappa shape index (κ3) is 5.61. The first-order chi connectivity index (χ1) is 20.5. The number of likely N-dealkylation sites (N-methyl/N-ethyl adjacent to an activating group) is 1. The zero-order chi connectivity index (χ0) is 32.3. The highest BCUT2D eigenvalue weighted by Gasteiger charge is 2.44. The lowest BCUT2D eigenvalue weighted by molar-refractivity contribution is -0.145. The Kier molecular flexibility index (Phi) is 8.13. The molecule has 0 radical (unpaired) electrons. The van der Waals surface area contributed by atoms with Gasteiger partial charge in [0.1, 0.15) is 18.0 Å². The van der Waals surface area contributed by atoms with Gasteiger partial charge in [0.05, 0.1) is 28.9 Å². The zero-order valence-electron chi connectivity index (χ0n) is 23.4. The molecule has 0 spiro atoms. The van der Waals surface area contributed by atoms with Crippen LogP contribution in [0.5, 0.6) is 0 Å². The highest BCUT2D eigenvalue weighted by Crippen LogP contribution is 2.40. The number of aliphatic hydroxyl groups excluding tert-OH is 1. The molecule has 2 amide bonds. The highest BCUT2D eigenvalue weighted by molar-refractivity contribution is 6.31. The van der Waals surface area contributed by atoms with Crippen molar-refractivity contribution >= 4 is 23.4 Å². The fourth-order valence-electron chi connectivity index (χ4n) is 5.53. The normalized spacial score (nSPS) is 20.6. The maximum absolute atomic E-state index is 14.0. The van der Waals surface area contributed by atoms with Gasteiger partial charge in [-0.15, -0.1) is 0 Å². The molecule has 0 fully saturated rings. The van der Waals surface area contributed by atoms with Crippen LogP contribution < -0.4 is 5.32 Å². The number of aliphatic hydroxyl groups is 1. The number of fused-ring (bicyclic) bond motifs is 3. The standard InChI is InChI=1S/C27H26ClF6N7O3/c1-12-6-19-16(10-39(12)23(43)14-4-5-18(28)17(7-14)26(29,30)31)21-24(44)40(11-20(22(42)35-3)41(21)38-19)13(2)15-8-36-25(37-9-15)27(32,33)34/h4-5,7-9,12-13,20,23,43H,6,10-11H2,1-3H3,(H,35,42)/t12-,13-,20+,23?/m1/s1. The molecule has 4 heterocycles. The first-order valence-corrected chi connectivity index (χ1v) is 13.7. The van der Waals surface area contributed by atoms with Crippen molar-refractivity contribution in [3.8, 4) is 0 Å². The number of carbonyl (C=O) groups is 2. The molecule has 2 aliphatic heterocycles. The van der Waals surface area contributed by atoms with Gasteiger partial charge in [-0.25, -0.2) is 14.6 Å². The Labute approximate surface area is 251 Å². The van der Waals surface area contributed by atoms with Gasteiger partial charge < -0.3 is 15.3 Å². The second-order valence-electron chi connectivity index (χ2n) is 10.7. The van der Waals surface area contributed by atoms with Gasteiger partial charge in [0.2, 0.25) is 11.7 Å². The van der Waals surface area contributed by atoms with Crippen molar-refractivity contribution in [3.05, 3.63) is 75.1 Å². The maximum atomic E-state index is 14.0. The lowest BCUT2D eigenvalue weighted by atomic mass is 9.96. The molecule has 3 aromatic rings. The summed E-state index contributed by atoms with van der Waals surface area (Å²) in [6.07, 6.45) is -8.90. The second kappa shape index (κ2) is 11.3. The largest absolute Gasteiger partial charge is 0.451 e. The Bertz CT molecular complexity index is 1590. The molecule has 0 bridgehead atoms. The third-order valence-corrected chi connectivity index (χ3v) is 8.28. The van der Waals surface area contributed by atoms with Crippen LogP contribution >= 0.6 is 11.6 Å². The summed E-state index contributed by atoms with van der Waals surface area (Å²) in [6.45, 7) is 3.03. The van der Waals surface area contributed by atoms with Crippen LogP contribution in [0.2, 0.25) is 5.02 Å². The Balaban J connectivity index is 1.51. The molecule has 1 aromatic carbocycles. The Morgan fingerprint density at radius 1 is 1.11 bits per heavy atom. The van der Waals surface area contributed by atoms with E-state index in [0.29, 0.717) is 11.3 Å². The average Bonchev–Trinajstić information content (AvgIpc) is 3.33. The molecule has 0 saturated heterocycles. The molecule has 10 nitrogen and oxygen atoms in total. The summed E-state index contributed by atoms with van der Waals surface area (Å²) >= 11 is 5.75. The van der Waals surface area contributed by atoms with E-state index < -0.39 is 64.9 Å². The van der Waals surface area contributed by atoms with Crippen LogP contribution in [0.3, 0.4) is 0 Å². The Morgan fingerprint density at radius 2 is 1.77 bits per heavy atom. The topological polar surface area (TPSA) is 116 Å². The van der Waals surface area contributed by atoms with Gasteiger partial charge in [-0.3, -0.25) is 14.5 Å². The Morgan fingerprint density at radius 3 is 2.36 bits per heavy atom. The summed E-state index contributed by atoms with van der Waals surface area (Å²) in [5.74, 6) is -2.41. The van der Waals surface area contributed by atoms with Crippen LogP contribution in [0.15, 0.2) is 30.6 Å². The monoisotopic (exact) mass is 645 g/mol. The molecule has 0 aliphatic carbocycles. The predicted molar refractivity (Wildman–Crippen MR) is 142 cm³/mol. The molecule has 2 aromatic heterocycles. The summed E-state index contributed by atoms with van der Waals surface area (Å²) in [5.41, 5.74) is -0.118. The molecule has 1 unspecified atom stereocenters. The van der Waals surface area contributed by atoms with E-state index >= 15 is 0 Å². The van der Waals surface area contributed by atoms with E-state index in [1.165, 1.54) is 27.6 Å². The van der Waals surface area contributed by atoms with Gasteiger partial charge in [0, 0.05) is 49.6 Å². The van der Waals surface area contributed by atoms with Crippen molar-refractivity contribution in [2.75, 3.05) is 13.6 Å². The lowest BCUT2D eigenvalue weighted by Gasteiger charge is -2.38. The van der Waals surface area contributed by atoms with E-state index in [0.717, 1.165) is 24.5 Å². The van der Waals surface area contributed by atoms with E-state index in [2.05, 4.69) is 20.4 Å². The van der Waals surface area contributed by atoms with Gasteiger partial charge in [0.15, 0.2) is 0 Å². The SMILES string of the molecule is CNC(=O)[C@@H]1CN([C@H](C)c2cnc(C(F)(F)F)nc2)C(=O)c2c3c(nn21)C[C@@H](C)N(C(O)c1ccc(Cl)c(C(F)(F)F)c1)C3. The first kappa shape index (κ1) is 31.7. The third-order valence-electron chi connectivity index (χ3n) is 7.95. The minimum atomic E-state index is -4.76. The fourth-order valence-corrected chi connectivity index (χ4v) is 5.76. The second-order valence-corrected chi connectivity index (χ2v) is 11.1. The van der Waals surface area contributed by atoms with Crippen molar-refractivity contribution in [2.45, 2.75) is 63.5 Å². The number of hydrogen-bond donors (Lipinski definition) is 2. The Hall–Kier alpha value is -3.76. The zero-order valence-corrected chi connectivity index (χ0v) is 24.2. The molecule has 2 aliphatic rings. The number of halogens is 7. The number of nitrogens with one attached hydrogen (secondary N) is 1. The van der Waals surface area contributed by atoms with Gasteiger partial charge >= 0.3 is 12.4 Å². The van der Waals surface area contributed by atoms with Crippen molar-refractivity contribution in [3.63, 3.8) is 0 Å². The van der Waals surface area contributed by atoms with Crippen LogP contribution in [-0.4, -0.2) is 66.1 Å². The molecular weight excluding hydrogens is 620 g/mol. The number of hydrogen-bond acceptors (Lipinski definition) is 7. The van der Waals surface area contributed by atoms with Gasteiger partial charge in [0.25, 0.3) is 5.91 Å². The molecular formula is C27H26ClF6N7O3. The first-order valence-electron chi connectivity index (χ1n) is 13.3. The predicted octanol–water partition coefficient (Wildman–Crippen LogP) is 4.31. The van der Waals surface area contributed by atoms with Gasteiger partial charge in [-0.1, -0.05) is 17.7 Å².